The predicted octanol–water partition coefficient (Wildman–Crippen LogP) is 3.77. The number of amides is 1. The highest BCUT2D eigenvalue weighted by Crippen LogP contribution is 2.26. The van der Waals surface area contributed by atoms with E-state index in [1.54, 1.807) is 7.11 Å². The number of rotatable bonds is 5. The molecule has 5 nitrogen and oxygen atoms in total. The number of nitrogens with zero attached hydrogens (tertiary/aromatic N) is 2. The zero-order chi connectivity index (χ0) is 17.9. The maximum absolute atomic E-state index is 12.6. The third-order valence-electron chi connectivity index (χ3n) is 5.02. The van der Waals surface area contributed by atoms with E-state index in [-0.39, 0.29) is 12.5 Å². The van der Waals surface area contributed by atoms with Gasteiger partial charge in [-0.3, -0.25) is 4.79 Å². The SMILES string of the molecule is COc1ccc(-c2nc3ccccc3n2CC(=O)NC2CCCC2)cc1. The van der Waals surface area contributed by atoms with E-state index in [4.69, 9.17) is 9.72 Å². The van der Waals surface area contributed by atoms with Gasteiger partial charge in [0, 0.05) is 11.6 Å². The summed E-state index contributed by atoms with van der Waals surface area (Å²) in [5.74, 6) is 1.65. The van der Waals surface area contributed by atoms with Gasteiger partial charge in [0.1, 0.15) is 18.1 Å². The van der Waals surface area contributed by atoms with E-state index in [9.17, 15) is 4.79 Å². The van der Waals surface area contributed by atoms with Crippen LogP contribution in [-0.2, 0) is 11.3 Å². The Morgan fingerprint density at radius 2 is 1.88 bits per heavy atom. The molecule has 26 heavy (non-hydrogen) atoms. The van der Waals surface area contributed by atoms with Crippen molar-refractivity contribution in [2.24, 2.45) is 0 Å². The molecule has 1 amide bonds. The highest BCUT2D eigenvalue weighted by Gasteiger charge is 2.19. The van der Waals surface area contributed by atoms with Gasteiger partial charge >= 0.3 is 0 Å². The first kappa shape index (κ1) is 16.6. The molecule has 1 heterocycles. The predicted molar refractivity (Wildman–Crippen MR) is 102 cm³/mol. The Balaban J connectivity index is 1.67. The van der Waals surface area contributed by atoms with Gasteiger partial charge in [0.15, 0.2) is 0 Å². The summed E-state index contributed by atoms with van der Waals surface area (Å²) >= 11 is 0. The second-order valence-corrected chi connectivity index (χ2v) is 6.79. The minimum absolute atomic E-state index is 0.0508. The molecule has 134 valence electrons. The van der Waals surface area contributed by atoms with Gasteiger partial charge in [-0.1, -0.05) is 25.0 Å². The Morgan fingerprint density at radius 3 is 2.62 bits per heavy atom. The first-order chi connectivity index (χ1) is 12.7. The molecule has 4 rings (SSSR count). The molecule has 5 heteroatoms. The fourth-order valence-corrected chi connectivity index (χ4v) is 3.68. The van der Waals surface area contributed by atoms with Crippen molar-refractivity contribution >= 4 is 16.9 Å². The van der Waals surface area contributed by atoms with Crippen LogP contribution >= 0.6 is 0 Å². The summed E-state index contributed by atoms with van der Waals surface area (Å²) in [4.78, 5) is 17.4. The van der Waals surface area contributed by atoms with E-state index >= 15 is 0 Å². The Bertz CT molecular complexity index is 909. The standard InChI is InChI=1S/C21H23N3O2/c1-26-17-12-10-15(11-13-17)21-23-18-8-4-5-9-19(18)24(21)14-20(25)22-16-6-2-3-7-16/h4-5,8-13,16H,2-3,6-7,14H2,1H3,(H,22,25). The summed E-state index contributed by atoms with van der Waals surface area (Å²) in [5, 5.41) is 3.17. The third kappa shape index (κ3) is 3.29. The highest BCUT2D eigenvalue weighted by molar-refractivity contribution is 5.84. The van der Waals surface area contributed by atoms with Gasteiger partial charge in [0.2, 0.25) is 5.91 Å². The molecular formula is C21H23N3O2. The van der Waals surface area contributed by atoms with Gasteiger partial charge in [0.25, 0.3) is 0 Å². The van der Waals surface area contributed by atoms with Crippen molar-refractivity contribution < 1.29 is 9.53 Å². The van der Waals surface area contributed by atoms with E-state index in [1.807, 2.05) is 53.1 Å². The van der Waals surface area contributed by atoms with Crippen LogP contribution in [0.1, 0.15) is 25.7 Å². The van der Waals surface area contributed by atoms with E-state index in [2.05, 4.69) is 5.32 Å². The molecule has 1 aliphatic rings. The number of hydrogen-bond acceptors (Lipinski definition) is 3. The summed E-state index contributed by atoms with van der Waals surface area (Å²) in [7, 11) is 1.65. The number of imidazole rings is 1. The number of carbonyl (C=O) groups excluding carboxylic acids is 1. The van der Waals surface area contributed by atoms with Gasteiger partial charge in [-0.15, -0.1) is 0 Å². The van der Waals surface area contributed by atoms with Crippen LogP contribution < -0.4 is 10.1 Å². The third-order valence-corrected chi connectivity index (χ3v) is 5.02. The Morgan fingerprint density at radius 1 is 1.15 bits per heavy atom. The lowest BCUT2D eigenvalue weighted by molar-refractivity contribution is -0.122. The largest absolute Gasteiger partial charge is 0.497 e. The molecule has 2 aromatic carbocycles. The van der Waals surface area contributed by atoms with E-state index in [1.165, 1.54) is 12.8 Å². The lowest BCUT2D eigenvalue weighted by Gasteiger charge is -2.14. The van der Waals surface area contributed by atoms with Gasteiger partial charge in [0.05, 0.1) is 18.1 Å². The number of carbonyl (C=O) groups is 1. The number of benzene rings is 2. The molecule has 1 saturated carbocycles. The van der Waals surface area contributed by atoms with E-state index in [0.29, 0.717) is 6.04 Å². The zero-order valence-electron chi connectivity index (χ0n) is 14.9. The molecule has 1 N–H and O–H groups in total. The van der Waals surface area contributed by atoms with Crippen molar-refractivity contribution in [3.05, 3.63) is 48.5 Å². The van der Waals surface area contributed by atoms with Crippen molar-refractivity contribution in [2.75, 3.05) is 7.11 Å². The molecule has 1 aromatic heterocycles. The van der Waals surface area contributed by atoms with Crippen molar-refractivity contribution in [1.29, 1.82) is 0 Å². The number of para-hydroxylation sites is 2. The minimum Gasteiger partial charge on any atom is -0.497 e. The lowest BCUT2D eigenvalue weighted by atomic mass is 10.2. The zero-order valence-corrected chi connectivity index (χ0v) is 14.9. The maximum atomic E-state index is 12.6. The van der Waals surface area contributed by atoms with E-state index in [0.717, 1.165) is 41.0 Å². The number of nitrogens with one attached hydrogen (secondary N) is 1. The quantitative estimate of drug-likeness (QED) is 0.763. The summed E-state index contributed by atoms with van der Waals surface area (Å²) in [6, 6.07) is 16.0. The van der Waals surface area contributed by atoms with Gasteiger partial charge in [-0.25, -0.2) is 4.98 Å². The molecule has 0 spiro atoms. The second kappa shape index (κ2) is 7.20. The Labute approximate surface area is 153 Å². The van der Waals surface area contributed by atoms with Crippen molar-refractivity contribution in [3.8, 4) is 17.1 Å². The number of hydrogen-bond donors (Lipinski definition) is 1. The van der Waals surface area contributed by atoms with Crippen LogP contribution in [0.5, 0.6) is 5.75 Å². The molecule has 0 unspecified atom stereocenters. The summed E-state index contributed by atoms with van der Waals surface area (Å²) < 4.78 is 7.24. The fraction of sp³-hybridized carbons (Fsp3) is 0.333. The van der Waals surface area contributed by atoms with Crippen LogP contribution in [0.25, 0.3) is 22.4 Å². The summed E-state index contributed by atoms with van der Waals surface area (Å²) in [6.45, 7) is 0.276. The molecule has 0 bridgehead atoms. The minimum atomic E-state index is 0.0508. The fourth-order valence-electron chi connectivity index (χ4n) is 3.68. The molecule has 3 aromatic rings. The number of aromatic nitrogens is 2. The van der Waals surface area contributed by atoms with Crippen LogP contribution in [0, 0.1) is 0 Å². The first-order valence-electron chi connectivity index (χ1n) is 9.13. The molecule has 0 aliphatic heterocycles. The van der Waals surface area contributed by atoms with Crippen molar-refractivity contribution in [2.45, 2.75) is 38.3 Å². The highest BCUT2D eigenvalue weighted by atomic mass is 16.5. The van der Waals surface area contributed by atoms with E-state index < -0.39 is 0 Å². The van der Waals surface area contributed by atoms with Gasteiger partial charge in [-0.2, -0.15) is 0 Å². The Hall–Kier alpha value is -2.82. The number of fused-ring (bicyclic) bond motifs is 1. The summed E-state index contributed by atoms with van der Waals surface area (Å²) in [5.41, 5.74) is 2.84. The van der Waals surface area contributed by atoms with Crippen LogP contribution in [0.2, 0.25) is 0 Å². The molecular weight excluding hydrogens is 326 g/mol. The average Bonchev–Trinajstić information content (AvgIpc) is 3.30. The Kier molecular flexibility index (Phi) is 4.61. The second-order valence-electron chi connectivity index (χ2n) is 6.79. The molecule has 0 saturated heterocycles. The monoisotopic (exact) mass is 349 g/mol. The smallest absolute Gasteiger partial charge is 0.240 e. The first-order valence-corrected chi connectivity index (χ1v) is 9.13. The summed E-state index contributed by atoms with van der Waals surface area (Å²) in [6.07, 6.45) is 4.58. The van der Waals surface area contributed by atoms with Crippen LogP contribution in [0.3, 0.4) is 0 Å². The van der Waals surface area contributed by atoms with Gasteiger partial charge in [-0.05, 0) is 49.2 Å². The van der Waals surface area contributed by atoms with Crippen molar-refractivity contribution in [3.63, 3.8) is 0 Å². The average molecular weight is 349 g/mol. The molecule has 0 atom stereocenters. The molecule has 0 radical (unpaired) electrons. The normalized spacial score (nSPS) is 14.7. The topological polar surface area (TPSA) is 56.2 Å². The van der Waals surface area contributed by atoms with Crippen molar-refractivity contribution in [1.82, 2.24) is 14.9 Å². The number of ether oxygens (including phenoxy) is 1. The lowest BCUT2D eigenvalue weighted by Crippen LogP contribution is -2.35. The number of methoxy groups -OCH3 is 1. The van der Waals surface area contributed by atoms with Crippen LogP contribution in [-0.4, -0.2) is 28.6 Å². The molecule has 1 aliphatic carbocycles. The van der Waals surface area contributed by atoms with Crippen LogP contribution in [0.15, 0.2) is 48.5 Å². The van der Waals surface area contributed by atoms with Crippen LogP contribution in [0.4, 0.5) is 0 Å². The van der Waals surface area contributed by atoms with Gasteiger partial charge < -0.3 is 14.6 Å². The maximum Gasteiger partial charge on any atom is 0.240 e. The molecule has 1 fully saturated rings.